The summed E-state index contributed by atoms with van der Waals surface area (Å²) < 4.78 is 31.8. The van der Waals surface area contributed by atoms with Gasteiger partial charge < -0.3 is 19.4 Å². The number of carbonyl (C=O) groups excluding carboxylic acids is 2. The number of sulfonamides is 1. The first-order chi connectivity index (χ1) is 28.2. The summed E-state index contributed by atoms with van der Waals surface area (Å²) in [4.78, 5) is 43.6. The topological polar surface area (TPSA) is 138 Å². The minimum absolute atomic E-state index is 0.386. The number of likely N-dealkylation sites (N-methyl/N-ethyl adjacent to an activating group) is 1. The minimum atomic E-state index is -3.36. The zero-order valence-electron chi connectivity index (χ0n) is 34.2. The molecule has 0 bridgehead atoms. The van der Waals surface area contributed by atoms with E-state index >= 15 is 0 Å². The van der Waals surface area contributed by atoms with Gasteiger partial charge in [0.05, 0.1) is 52.7 Å². The van der Waals surface area contributed by atoms with Gasteiger partial charge in [0.25, 0.3) is 0 Å². The Kier molecular flexibility index (Phi) is 16.7. The molecule has 6 heterocycles. The molecule has 59 heavy (non-hydrogen) atoms. The van der Waals surface area contributed by atoms with E-state index in [-0.39, 0.29) is 0 Å². The molecule has 2 amide bonds. The number of para-hydroxylation sites is 1. The summed E-state index contributed by atoms with van der Waals surface area (Å²) in [5, 5.41) is 0. The molecular weight excluding hydrogens is 898 g/mol. The number of hydrogen-bond donors (Lipinski definition) is 2. The molecule has 0 radical (unpaired) electrons. The lowest BCUT2D eigenvalue weighted by Crippen LogP contribution is -2.37. The molecule has 3 aliphatic heterocycles. The van der Waals surface area contributed by atoms with Crippen molar-refractivity contribution in [3.63, 3.8) is 0 Å². The van der Waals surface area contributed by atoms with E-state index in [2.05, 4.69) is 104 Å². The first-order valence-corrected chi connectivity index (χ1v) is 22.9. The van der Waals surface area contributed by atoms with Gasteiger partial charge in [0.2, 0.25) is 16.4 Å². The van der Waals surface area contributed by atoms with Gasteiger partial charge in [-0.05, 0) is 134 Å². The van der Waals surface area contributed by atoms with Crippen LogP contribution in [0.2, 0.25) is 0 Å². The van der Waals surface area contributed by atoms with Crippen molar-refractivity contribution in [1.29, 1.82) is 0 Å². The second kappa shape index (κ2) is 21.6. The van der Waals surface area contributed by atoms with Crippen molar-refractivity contribution >= 4 is 80.2 Å². The summed E-state index contributed by atoms with van der Waals surface area (Å²) in [5.41, 5.74) is 9.36. The molecule has 0 fully saturated rings. The van der Waals surface area contributed by atoms with Crippen LogP contribution in [0.4, 0.5) is 10.5 Å². The van der Waals surface area contributed by atoms with Crippen molar-refractivity contribution in [3.8, 4) is 5.75 Å². The molecule has 0 atom stereocenters. The van der Waals surface area contributed by atoms with Gasteiger partial charge in [-0.1, -0.05) is 43.4 Å². The Labute approximate surface area is 367 Å². The third-order valence-corrected chi connectivity index (χ3v) is 11.8. The highest BCUT2D eigenvalue weighted by molar-refractivity contribution is 14.1. The Balaban J connectivity index is 0.000000178. The predicted octanol–water partition coefficient (Wildman–Crippen LogP) is 7.94. The van der Waals surface area contributed by atoms with Crippen LogP contribution in [-0.4, -0.2) is 103 Å². The van der Waals surface area contributed by atoms with Crippen molar-refractivity contribution in [3.05, 3.63) is 123 Å². The summed E-state index contributed by atoms with van der Waals surface area (Å²) in [6.07, 6.45) is 11.8. The molecule has 312 valence electrons. The number of pyridine rings is 3. The number of nitrogens with one attached hydrogen (secondary N) is 1. The number of anilines is 1. The third kappa shape index (κ3) is 13.7. The molecule has 0 saturated carbocycles. The SMILES string of the molecule is CCc1nc(C2=CCCN(C)C2)ccc1S.Cc1nc(C2=CCCN(C(=O)Oc3ccccc3)C2)ccc1NS(C)(=O)=O.Cc1nc(C2=CCCN(C=O)C2)ccc1I. The van der Waals surface area contributed by atoms with Gasteiger partial charge in [0.1, 0.15) is 5.75 Å². The maximum atomic E-state index is 12.4. The first kappa shape index (κ1) is 45.5. The van der Waals surface area contributed by atoms with Crippen LogP contribution in [0.5, 0.6) is 5.75 Å². The smallest absolute Gasteiger partial charge is 0.410 e. The highest BCUT2D eigenvalue weighted by atomic mass is 127. The molecule has 7 rings (SSSR count). The van der Waals surface area contributed by atoms with E-state index in [0.29, 0.717) is 48.9 Å². The number of halogens is 1. The number of benzene rings is 1. The predicted molar refractivity (Wildman–Crippen MR) is 247 cm³/mol. The van der Waals surface area contributed by atoms with Crippen LogP contribution in [-0.2, 0) is 21.2 Å². The Morgan fingerprint density at radius 1 is 0.814 bits per heavy atom. The van der Waals surface area contributed by atoms with Gasteiger partial charge in [-0.15, -0.1) is 12.6 Å². The lowest BCUT2D eigenvalue weighted by molar-refractivity contribution is -0.117. The van der Waals surface area contributed by atoms with Crippen molar-refractivity contribution in [1.82, 2.24) is 29.7 Å². The molecule has 3 aliphatic rings. The molecule has 1 N–H and O–H groups in total. The van der Waals surface area contributed by atoms with Crippen molar-refractivity contribution in [2.75, 3.05) is 57.3 Å². The normalized spacial score (nSPS) is 15.6. The average molecular weight is 950 g/mol. The molecule has 0 unspecified atom stereocenters. The van der Waals surface area contributed by atoms with E-state index in [0.717, 1.165) is 90.4 Å². The van der Waals surface area contributed by atoms with Crippen LogP contribution >= 0.6 is 35.2 Å². The summed E-state index contributed by atoms with van der Waals surface area (Å²) in [7, 11) is -1.21. The van der Waals surface area contributed by atoms with Crippen LogP contribution in [0.1, 0.15) is 60.3 Å². The highest BCUT2D eigenvalue weighted by Crippen LogP contribution is 2.25. The van der Waals surface area contributed by atoms with Crippen LogP contribution in [0, 0.1) is 17.4 Å². The maximum Gasteiger partial charge on any atom is 0.415 e. The molecule has 3 aromatic heterocycles. The van der Waals surface area contributed by atoms with E-state index in [1.165, 1.54) is 9.14 Å². The first-order valence-electron chi connectivity index (χ1n) is 19.5. The molecule has 1 aromatic carbocycles. The van der Waals surface area contributed by atoms with Crippen molar-refractivity contribution < 1.29 is 22.7 Å². The second-order valence-electron chi connectivity index (χ2n) is 14.5. The molecule has 4 aromatic rings. The number of thiol groups is 1. The lowest BCUT2D eigenvalue weighted by Gasteiger charge is -2.26. The average Bonchev–Trinajstić information content (AvgIpc) is 3.23. The highest BCUT2D eigenvalue weighted by Gasteiger charge is 2.22. The third-order valence-electron chi connectivity index (χ3n) is 9.70. The second-order valence-corrected chi connectivity index (χ2v) is 17.8. The largest absolute Gasteiger partial charge is 0.415 e. The number of nitrogens with zero attached hydrogens (tertiary/aromatic N) is 6. The quantitative estimate of drug-likeness (QED) is 0.103. The number of aryl methyl sites for hydroxylation is 3. The monoisotopic (exact) mass is 949 g/mol. The lowest BCUT2D eigenvalue weighted by atomic mass is 10.1. The Bertz CT molecular complexity index is 2320. The van der Waals surface area contributed by atoms with E-state index in [9.17, 15) is 18.0 Å². The van der Waals surface area contributed by atoms with Crippen LogP contribution in [0.15, 0.2) is 89.9 Å². The Morgan fingerprint density at radius 2 is 1.41 bits per heavy atom. The van der Waals surface area contributed by atoms with Gasteiger partial charge in [0, 0.05) is 41.2 Å². The Morgan fingerprint density at radius 3 is 2.03 bits per heavy atom. The van der Waals surface area contributed by atoms with Gasteiger partial charge >= 0.3 is 6.09 Å². The molecule has 0 saturated heterocycles. The van der Waals surface area contributed by atoms with Crippen molar-refractivity contribution in [2.45, 2.75) is 51.3 Å². The summed E-state index contributed by atoms with van der Waals surface area (Å²) in [6.45, 7) is 10.5. The molecule has 0 spiro atoms. The summed E-state index contributed by atoms with van der Waals surface area (Å²) in [6, 6.07) is 20.6. The fourth-order valence-corrected chi connectivity index (χ4v) is 7.76. The number of ether oxygens (including phenoxy) is 1. The summed E-state index contributed by atoms with van der Waals surface area (Å²) >= 11 is 6.69. The molecule has 12 nitrogen and oxygen atoms in total. The number of amides is 2. The zero-order valence-corrected chi connectivity index (χ0v) is 38.1. The number of rotatable bonds is 8. The Hall–Kier alpha value is -4.58. The van der Waals surface area contributed by atoms with Crippen LogP contribution in [0.3, 0.4) is 0 Å². The van der Waals surface area contributed by atoms with Gasteiger partial charge in [0.15, 0.2) is 0 Å². The van der Waals surface area contributed by atoms with Crippen LogP contribution in [0.25, 0.3) is 16.7 Å². The van der Waals surface area contributed by atoms with Gasteiger partial charge in [-0.25, -0.2) is 13.2 Å². The van der Waals surface area contributed by atoms with E-state index in [1.807, 2.05) is 37.3 Å². The van der Waals surface area contributed by atoms with Gasteiger partial charge in [-0.2, -0.15) is 0 Å². The molecular formula is C44H52IN7O5S2. The number of carbonyl (C=O) groups is 2. The molecule has 0 aliphatic carbocycles. The summed E-state index contributed by atoms with van der Waals surface area (Å²) in [5.74, 6) is 0.503. The number of hydrogen-bond acceptors (Lipinski definition) is 10. The maximum absolute atomic E-state index is 12.4. The van der Waals surface area contributed by atoms with Crippen molar-refractivity contribution in [2.24, 2.45) is 0 Å². The van der Waals surface area contributed by atoms with E-state index < -0.39 is 16.1 Å². The fourth-order valence-electron chi connectivity index (χ4n) is 6.56. The van der Waals surface area contributed by atoms with Crippen LogP contribution < -0.4 is 9.46 Å². The minimum Gasteiger partial charge on any atom is -0.410 e. The van der Waals surface area contributed by atoms with E-state index in [1.54, 1.807) is 41.0 Å². The number of aromatic nitrogens is 3. The van der Waals surface area contributed by atoms with Gasteiger partial charge in [-0.3, -0.25) is 24.5 Å². The molecule has 15 heteroatoms. The van der Waals surface area contributed by atoms with E-state index in [4.69, 9.17) is 4.74 Å². The fraction of sp³-hybridized carbons (Fsp3) is 0.341. The standard InChI is InChI=1S/C19H21N3O4S.C13H18N2S.C12H13IN2O/c1-14-17(21-27(2,24)25)10-11-18(20-14)15-7-6-12-22(13-15)19(23)26-16-8-4-3-5-9-16;1-3-11-13(16)7-6-12(14-11)10-5-4-8-15(2)9-10;1-9-11(13)4-5-12(14-9)10-3-2-6-15(7-10)8-16/h3-5,7-11,21H,6,12-13H2,1-2H3;5-7,16H,3-4,8-9H2,1-2H3;3-5,8H,2,6-7H2,1H3. The zero-order chi connectivity index (χ0) is 42.5.